The lowest BCUT2D eigenvalue weighted by atomic mass is 10.0. The van der Waals surface area contributed by atoms with Crippen LogP contribution in [-0.4, -0.2) is 84.1 Å². The first kappa shape index (κ1) is 39.9. The van der Waals surface area contributed by atoms with Crippen molar-refractivity contribution in [1.29, 1.82) is 0 Å². The molecule has 3 atom stereocenters. The van der Waals surface area contributed by atoms with E-state index in [1.54, 1.807) is 40.2 Å². The largest absolute Gasteiger partial charge is 0.633 e. The van der Waals surface area contributed by atoms with Gasteiger partial charge in [-0.2, -0.15) is 0 Å². The van der Waals surface area contributed by atoms with E-state index in [4.69, 9.17) is 23.7 Å². The molecule has 1 saturated heterocycles. The number of hydroxylamine groups is 2. The SMILES string of the molecule is COc1cc(CCN2CCN(CCCCOc3c(OC)cccc3C3(C)Sc4ccccc4C(C)[NH+]3[O-])CC2)cc(OC)c1OC.Cl.Cl. The number of para-hydroxylation sites is 1. The van der Waals surface area contributed by atoms with Gasteiger partial charge >= 0.3 is 0 Å². The van der Waals surface area contributed by atoms with Gasteiger partial charge in [0.1, 0.15) is 6.04 Å². The Bertz CT molecular complexity index is 1440. The monoisotopic (exact) mass is 723 g/mol. The Kier molecular flexibility index (Phi) is 15.3. The van der Waals surface area contributed by atoms with Gasteiger partial charge in [0.15, 0.2) is 27.9 Å². The minimum absolute atomic E-state index is 0. The Labute approximate surface area is 302 Å². The van der Waals surface area contributed by atoms with Gasteiger partial charge in [-0.15, -0.1) is 24.8 Å². The van der Waals surface area contributed by atoms with Crippen LogP contribution in [0.25, 0.3) is 0 Å². The Hall–Kier alpha value is -2.57. The van der Waals surface area contributed by atoms with Crippen LogP contribution < -0.4 is 28.7 Å². The first-order chi connectivity index (χ1) is 22.3. The highest BCUT2D eigenvalue weighted by Gasteiger charge is 2.45. The van der Waals surface area contributed by atoms with Crippen molar-refractivity contribution in [3.63, 3.8) is 0 Å². The van der Waals surface area contributed by atoms with E-state index < -0.39 is 4.87 Å². The fourth-order valence-corrected chi connectivity index (χ4v) is 8.06. The molecule has 5 rings (SSSR count). The van der Waals surface area contributed by atoms with Crippen LogP contribution in [0.3, 0.4) is 0 Å². The van der Waals surface area contributed by atoms with E-state index in [1.807, 2.05) is 56.3 Å². The number of thioether (sulfide) groups is 1. The van der Waals surface area contributed by atoms with E-state index >= 15 is 0 Å². The topological polar surface area (TPSA) is 80.1 Å². The van der Waals surface area contributed by atoms with Crippen LogP contribution in [0.5, 0.6) is 28.7 Å². The van der Waals surface area contributed by atoms with E-state index in [1.165, 1.54) is 5.56 Å². The van der Waals surface area contributed by atoms with Crippen molar-refractivity contribution < 1.29 is 28.7 Å². The van der Waals surface area contributed by atoms with Crippen molar-refractivity contribution in [2.24, 2.45) is 0 Å². The van der Waals surface area contributed by atoms with Crippen molar-refractivity contribution >= 4 is 36.6 Å². The molecule has 48 heavy (non-hydrogen) atoms. The normalized spacial score (nSPS) is 20.9. The molecule has 2 heterocycles. The quantitative estimate of drug-likeness (QED) is 0.159. The van der Waals surface area contributed by atoms with Gasteiger partial charge in [0, 0.05) is 50.1 Å². The zero-order valence-electron chi connectivity index (χ0n) is 28.9. The molecule has 266 valence electrons. The molecule has 2 aliphatic rings. The second kappa shape index (κ2) is 18.4. The minimum Gasteiger partial charge on any atom is -0.633 e. The molecule has 1 fully saturated rings. The third-order valence-electron chi connectivity index (χ3n) is 9.30. The molecule has 0 spiro atoms. The summed E-state index contributed by atoms with van der Waals surface area (Å²) in [5.74, 6) is 3.37. The van der Waals surface area contributed by atoms with Crippen molar-refractivity contribution in [3.8, 4) is 28.7 Å². The van der Waals surface area contributed by atoms with Crippen LogP contribution >= 0.6 is 36.6 Å². The maximum atomic E-state index is 13.8. The van der Waals surface area contributed by atoms with Crippen LogP contribution in [0.1, 0.15) is 49.4 Å². The zero-order valence-corrected chi connectivity index (χ0v) is 31.4. The number of fused-ring (bicyclic) bond motifs is 1. The number of piperazine rings is 1. The summed E-state index contributed by atoms with van der Waals surface area (Å²) in [7, 11) is 6.59. The van der Waals surface area contributed by atoms with Crippen molar-refractivity contribution in [3.05, 3.63) is 76.5 Å². The van der Waals surface area contributed by atoms with E-state index in [9.17, 15) is 5.21 Å². The van der Waals surface area contributed by atoms with Crippen molar-refractivity contribution in [2.75, 3.05) is 74.3 Å². The number of nitrogens with zero attached hydrogens (tertiary/aromatic N) is 2. The molecule has 3 unspecified atom stereocenters. The molecular weight excluding hydrogens is 673 g/mol. The molecule has 3 aromatic rings. The lowest BCUT2D eigenvalue weighted by molar-refractivity contribution is -0.923. The summed E-state index contributed by atoms with van der Waals surface area (Å²) in [4.78, 5) is 5.45. The molecule has 0 aromatic heterocycles. The Morgan fingerprint density at radius 2 is 1.42 bits per heavy atom. The lowest BCUT2D eigenvalue weighted by Crippen LogP contribution is -3.14. The highest BCUT2D eigenvalue weighted by Crippen LogP contribution is 2.48. The molecule has 3 aromatic carbocycles. The molecule has 0 saturated carbocycles. The highest BCUT2D eigenvalue weighted by atomic mass is 35.5. The average molecular weight is 725 g/mol. The second-order valence-electron chi connectivity index (χ2n) is 12.1. The summed E-state index contributed by atoms with van der Waals surface area (Å²) in [6.07, 6.45) is 2.90. The van der Waals surface area contributed by atoms with Crippen LogP contribution in [0.15, 0.2) is 59.5 Å². The lowest BCUT2D eigenvalue weighted by Gasteiger charge is -2.48. The van der Waals surface area contributed by atoms with Crippen LogP contribution in [0.2, 0.25) is 0 Å². The number of ether oxygens (including phenoxy) is 5. The van der Waals surface area contributed by atoms with Crippen molar-refractivity contribution in [1.82, 2.24) is 9.80 Å². The van der Waals surface area contributed by atoms with Gasteiger partial charge in [0.05, 0.1) is 40.6 Å². The smallest absolute Gasteiger partial charge is 0.203 e. The number of quaternary nitrogens is 1. The standard InChI is InChI=1S/C36H49N3O6S.2ClH/c1-26-28-12-7-8-15-33(28)46-36(2,39(26)40)29-13-11-14-30(41-3)34(29)45-23-10-9-17-37-19-21-38(22-20-37)18-16-27-24-31(42-4)35(44-6)32(25-27)43-5;;/h7-8,11-15,24-26,39H,9-10,16-23H2,1-6H3;2*1H. The molecule has 0 aliphatic carbocycles. The van der Waals surface area contributed by atoms with Gasteiger partial charge in [0.2, 0.25) is 5.75 Å². The van der Waals surface area contributed by atoms with Gasteiger partial charge in [0.25, 0.3) is 0 Å². The number of hydrogen-bond donors (Lipinski definition) is 1. The third kappa shape index (κ3) is 8.77. The number of hydrogen-bond acceptors (Lipinski definition) is 9. The molecule has 9 nitrogen and oxygen atoms in total. The van der Waals surface area contributed by atoms with E-state index in [2.05, 4.69) is 21.9 Å². The molecule has 0 amide bonds. The summed E-state index contributed by atoms with van der Waals surface area (Å²) in [6, 6.07) is 18.0. The van der Waals surface area contributed by atoms with Crippen LogP contribution in [-0.2, 0) is 11.3 Å². The maximum absolute atomic E-state index is 13.8. The second-order valence-corrected chi connectivity index (χ2v) is 13.6. The predicted octanol–water partition coefficient (Wildman–Crippen LogP) is 6.01. The van der Waals surface area contributed by atoms with E-state index in [0.717, 1.165) is 74.6 Å². The van der Waals surface area contributed by atoms with Gasteiger partial charge in [-0.3, -0.25) is 0 Å². The number of rotatable bonds is 14. The fourth-order valence-electron chi connectivity index (χ4n) is 6.56. The van der Waals surface area contributed by atoms with Gasteiger partial charge < -0.3 is 43.8 Å². The molecule has 0 bridgehead atoms. The first-order valence-corrected chi connectivity index (χ1v) is 17.0. The van der Waals surface area contributed by atoms with Gasteiger partial charge in [-0.05, 0) is 68.6 Å². The van der Waals surface area contributed by atoms with Gasteiger partial charge in [-0.25, -0.2) is 0 Å². The Balaban J connectivity index is 0.00000312. The molecule has 12 heteroatoms. The maximum Gasteiger partial charge on any atom is 0.203 e. The molecular formula is C36H51Cl2N3O6S. The number of methoxy groups -OCH3 is 4. The predicted molar refractivity (Wildman–Crippen MR) is 197 cm³/mol. The number of benzene rings is 3. The van der Waals surface area contributed by atoms with E-state index in [-0.39, 0.29) is 35.9 Å². The summed E-state index contributed by atoms with van der Waals surface area (Å²) < 4.78 is 28.7. The zero-order chi connectivity index (χ0) is 32.7. The number of nitrogens with one attached hydrogen (secondary N) is 1. The first-order valence-electron chi connectivity index (χ1n) is 16.2. The molecule has 0 radical (unpaired) electrons. The minimum atomic E-state index is -0.761. The number of halogens is 2. The number of unbranched alkanes of at least 4 members (excludes halogenated alkanes) is 1. The van der Waals surface area contributed by atoms with Crippen molar-refractivity contribution in [2.45, 2.75) is 48.9 Å². The van der Waals surface area contributed by atoms with Crippen LogP contribution in [0.4, 0.5) is 0 Å². The summed E-state index contributed by atoms with van der Waals surface area (Å²) >= 11 is 1.61. The highest BCUT2D eigenvalue weighted by molar-refractivity contribution is 8.00. The average Bonchev–Trinajstić information content (AvgIpc) is 3.09. The third-order valence-corrected chi connectivity index (χ3v) is 10.7. The summed E-state index contributed by atoms with van der Waals surface area (Å²) in [6.45, 7) is 10.9. The molecule has 1 N–H and O–H groups in total. The Morgan fingerprint density at radius 1 is 0.792 bits per heavy atom. The van der Waals surface area contributed by atoms with Crippen LogP contribution in [0, 0.1) is 5.21 Å². The van der Waals surface area contributed by atoms with Gasteiger partial charge in [-0.1, -0.05) is 36.0 Å². The summed E-state index contributed by atoms with van der Waals surface area (Å²) in [5.41, 5.74) is 3.15. The van der Waals surface area contributed by atoms with E-state index in [0.29, 0.717) is 35.4 Å². The molecule has 2 aliphatic heterocycles. The fraction of sp³-hybridized carbons (Fsp3) is 0.500. The Morgan fingerprint density at radius 3 is 2.04 bits per heavy atom. The summed E-state index contributed by atoms with van der Waals surface area (Å²) in [5, 5.41) is 14.0.